The third-order valence-electron chi connectivity index (χ3n) is 4.54. The zero-order valence-electron chi connectivity index (χ0n) is 16.9. The van der Waals surface area contributed by atoms with Gasteiger partial charge < -0.3 is 4.74 Å². The molecule has 5 nitrogen and oxygen atoms in total. The van der Waals surface area contributed by atoms with Gasteiger partial charge in [0.05, 0.1) is 22.4 Å². The third-order valence-corrected chi connectivity index (χ3v) is 6.02. The Balaban J connectivity index is 1.78. The van der Waals surface area contributed by atoms with Crippen molar-refractivity contribution in [2.45, 2.75) is 20.0 Å². The zero-order chi connectivity index (χ0) is 21.3. The predicted octanol–water partition coefficient (Wildman–Crippen LogP) is 5.16. The van der Waals surface area contributed by atoms with Crippen LogP contribution in [0.1, 0.15) is 19.4 Å². The minimum Gasteiger partial charge on any atom is -0.491 e. The second kappa shape index (κ2) is 8.45. The largest absolute Gasteiger partial charge is 0.491 e. The molecular formula is C23H21N3O2S2. The van der Waals surface area contributed by atoms with Crippen LogP contribution >= 0.6 is 24.0 Å². The number of thioether (sulfide) groups is 1. The topological polar surface area (TPSA) is 47.4 Å². The lowest BCUT2D eigenvalue weighted by Gasteiger charge is -2.09. The first-order valence-corrected chi connectivity index (χ1v) is 10.8. The highest BCUT2D eigenvalue weighted by atomic mass is 32.2. The maximum atomic E-state index is 12.5. The molecule has 0 aliphatic carbocycles. The first-order chi connectivity index (χ1) is 14.4. The molecule has 0 atom stereocenters. The van der Waals surface area contributed by atoms with E-state index >= 15 is 0 Å². The number of benzene rings is 2. The van der Waals surface area contributed by atoms with Crippen LogP contribution in [0.25, 0.3) is 23.0 Å². The van der Waals surface area contributed by atoms with Gasteiger partial charge in [-0.1, -0.05) is 42.2 Å². The smallest absolute Gasteiger partial charge is 0.265 e. The summed E-state index contributed by atoms with van der Waals surface area (Å²) in [5.74, 6) is 0.716. The number of likely N-dealkylation sites (N-methyl/N-ethyl adjacent to an activating group) is 1. The van der Waals surface area contributed by atoms with E-state index in [9.17, 15) is 4.79 Å². The summed E-state index contributed by atoms with van der Waals surface area (Å²) in [5, 5.41) is 4.81. The monoisotopic (exact) mass is 435 g/mol. The van der Waals surface area contributed by atoms with Crippen LogP contribution in [0.4, 0.5) is 0 Å². The van der Waals surface area contributed by atoms with Gasteiger partial charge in [-0.15, -0.1) is 0 Å². The van der Waals surface area contributed by atoms with E-state index in [1.54, 1.807) is 7.05 Å². The molecule has 0 radical (unpaired) electrons. The van der Waals surface area contributed by atoms with Crippen LogP contribution in [0.2, 0.25) is 0 Å². The van der Waals surface area contributed by atoms with E-state index in [2.05, 4.69) is 0 Å². The number of hydrogen-bond donors (Lipinski definition) is 0. The van der Waals surface area contributed by atoms with Crippen molar-refractivity contribution in [1.29, 1.82) is 0 Å². The molecule has 7 heteroatoms. The van der Waals surface area contributed by atoms with Gasteiger partial charge in [-0.05, 0) is 56.3 Å². The van der Waals surface area contributed by atoms with Crippen molar-refractivity contribution in [3.63, 3.8) is 0 Å². The van der Waals surface area contributed by atoms with Crippen molar-refractivity contribution in [2.75, 3.05) is 7.05 Å². The van der Waals surface area contributed by atoms with Crippen LogP contribution < -0.4 is 4.74 Å². The first-order valence-electron chi connectivity index (χ1n) is 9.56. The summed E-state index contributed by atoms with van der Waals surface area (Å²) < 4.78 is 8.13. The van der Waals surface area contributed by atoms with Crippen molar-refractivity contribution >= 4 is 40.3 Å². The lowest BCUT2D eigenvalue weighted by molar-refractivity contribution is -0.121. The molecule has 1 aliphatic heterocycles. The Bertz CT molecular complexity index is 1120. The number of carbonyl (C=O) groups excluding carboxylic acids is 1. The number of rotatable bonds is 5. The summed E-state index contributed by atoms with van der Waals surface area (Å²) in [6.45, 7) is 3.99. The predicted molar refractivity (Wildman–Crippen MR) is 126 cm³/mol. The summed E-state index contributed by atoms with van der Waals surface area (Å²) >= 11 is 6.57. The van der Waals surface area contributed by atoms with Crippen LogP contribution in [0.5, 0.6) is 5.75 Å². The fraction of sp³-hybridized carbons (Fsp3) is 0.174. The van der Waals surface area contributed by atoms with Crippen LogP contribution in [0.15, 0.2) is 65.7 Å². The summed E-state index contributed by atoms with van der Waals surface area (Å²) in [5.41, 5.74) is 3.53. The normalized spacial score (nSPS) is 15.5. The molecule has 2 heterocycles. The number of amides is 1. The van der Waals surface area contributed by atoms with Crippen molar-refractivity contribution in [3.05, 3.63) is 71.3 Å². The van der Waals surface area contributed by atoms with Crippen molar-refractivity contribution < 1.29 is 9.53 Å². The Hall–Kier alpha value is -2.90. The molecule has 0 spiro atoms. The fourth-order valence-electron chi connectivity index (χ4n) is 3.08. The van der Waals surface area contributed by atoms with E-state index in [0.717, 1.165) is 28.3 Å². The molecule has 152 valence electrons. The molecule has 0 saturated carbocycles. The lowest BCUT2D eigenvalue weighted by Crippen LogP contribution is -2.22. The molecule has 1 amide bonds. The molecular weight excluding hydrogens is 414 g/mol. The maximum Gasteiger partial charge on any atom is 0.265 e. The fourth-order valence-corrected chi connectivity index (χ4v) is 4.25. The maximum absolute atomic E-state index is 12.5. The molecule has 1 aliphatic rings. The second-order valence-corrected chi connectivity index (χ2v) is 8.82. The molecule has 0 bridgehead atoms. The average molecular weight is 436 g/mol. The summed E-state index contributed by atoms with van der Waals surface area (Å²) in [4.78, 5) is 14.6. The number of ether oxygens (including phenoxy) is 1. The van der Waals surface area contributed by atoms with Gasteiger partial charge in [0.15, 0.2) is 0 Å². The standard InChI is InChI=1S/C23H21N3O2S2/c1-15(2)28-19-11-9-16(10-12-19)21-17(13-20-22(27)25(3)23(29)30-20)14-26(24-21)18-7-5-4-6-8-18/h4-15H,1-3H3/b20-13-. The van der Waals surface area contributed by atoms with Crippen molar-refractivity contribution in [3.8, 4) is 22.7 Å². The number of para-hydroxylation sites is 1. The Kier molecular flexibility index (Phi) is 5.74. The van der Waals surface area contributed by atoms with Crippen molar-refractivity contribution in [1.82, 2.24) is 14.7 Å². The zero-order valence-corrected chi connectivity index (χ0v) is 18.5. The Labute approximate surface area is 185 Å². The highest BCUT2D eigenvalue weighted by Gasteiger charge is 2.29. The molecule has 0 unspecified atom stereocenters. The van der Waals surface area contributed by atoms with Gasteiger partial charge in [0, 0.05) is 24.4 Å². The molecule has 30 heavy (non-hydrogen) atoms. The van der Waals surface area contributed by atoms with Crippen molar-refractivity contribution in [2.24, 2.45) is 0 Å². The van der Waals surface area contributed by atoms with Gasteiger partial charge in [-0.3, -0.25) is 9.69 Å². The van der Waals surface area contributed by atoms with Gasteiger partial charge in [0.2, 0.25) is 0 Å². The molecule has 1 fully saturated rings. The van der Waals surface area contributed by atoms with Crippen LogP contribution in [-0.4, -0.2) is 38.1 Å². The second-order valence-electron chi connectivity index (χ2n) is 7.14. The van der Waals surface area contributed by atoms with E-state index in [1.165, 1.54) is 16.7 Å². The SMILES string of the molecule is CC(C)Oc1ccc(-c2nn(-c3ccccc3)cc2/C=C2\SC(=S)N(C)C2=O)cc1. The lowest BCUT2D eigenvalue weighted by atomic mass is 10.1. The highest BCUT2D eigenvalue weighted by molar-refractivity contribution is 8.26. The Morgan fingerprint density at radius 2 is 1.80 bits per heavy atom. The summed E-state index contributed by atoms with van der Waals surface area (Å²) in [6.07, 6.45) is 3.91. The molecule has 3 aromatic rings. The minimum atomic E-state index is -0.0934. The van der Waals surface area contributed by atoms with E-state index in [1.807, 2.05) is 85.4 Å². The highest BCUT2D eigenvalue weighted by Crippen LogP contribution is 2.34. The summed E-state index contributed by atoms with van der Waals surface area (Å²) in [7, 11) is 1.69. The van der Waals surface area contributed by atoms with Gasteiger partial charge >= 0.3 is 0 Å². The number of thiocarbonyl (C=S) groups is 1. The molecule has 4 rings (SSSR count). The first kappa shape index (κ1) is 20.4. The molecule has 0 N–H and O–H groups in total. The van der Waals surface area contributed by atoms with Crippen LogP contribution in [0.3, 0.4) is 0 Å². The molecule has 2 aromatic carbocycles. The van der Waals surface area contributed by atoms with E-state index < -0.39 is 0 Å². The van der Waals surface area contributed by atoms with E-state index in [4.69, 9.17) is 22.1 Å². The number of carbonyl (C=O) groups is 1. The van der Waals surface area contributed by atoms with Crippen LogP contribution in [0, 0.1) is 0 Å². The van der Waals surface area contributed by atoms with Gasteiger partial charge in [0.1, 0.15) is 10.1 Å². The van der Waals surface area contributed by atoms with Crippen LogP contribution in [-0.2, 0) is 4.79 Å². The van der Waals surface area contributed by atoms with Gasteiger partial charge in [0.25, 0.3) is 5.91 Å². The number of hydrogen-bond acceptors (Lipinski definition) is 5. The van der Waals surface area contributed by atoms with E-state index in [-0.39, 0.29) is 12.0 Å². The average Bonchev–Trinajstić information content (AvgIpc) is 3.26. The Morgan fingerprint density at radius 1 is 1.10 bits per heavy atom. The Morgan fingerprint density at radius 3 is 2.40 bits per heavy atom. The number of aromatic nitrogens is 2. The molecule has 1 saturated heterocycles. The quantitative estimate of drug-likeness (QED) is 0.409. The van der Waals surface area contributed by atoms with Gasteiger partial charge in [-0.2, -0.15) is 5.10 Å². The minimum absolute atomic E-state index is 0.0934. The molecule has 1 aromatic heterocycles. The van der Waals surface area contributed by atoms with E-state index in [0.29, 0.717) is 9.23 Å². The van der Waals surface area contributed by atoms with Gasteiger partial charge in [-0.25, -0.2) is 4.68 Å². The number of nitrogens with zero attached hydrogens (tertiary/aromatic N) is 3. The summed E-state index contributed by atoms with van der Waals surface area (Å²) in [6, 6.07) is 17.7. The third kappa shape index (κ3) is 4.17.